The van der Waals surface area contributed by atoms with Gasteiger partial charge in [0.25, 0.3) is 12.0 Å². The smallest absolute Gasteiger partial charge is 0.342 e. The summed E-state index contributed by atoms with van der Waals surface area (Å²) in [5.74, 6) is -0.911. The Morgan fingerprint density at radius 1 is 1.17 bits per heavy atom. The number of rotatable bonds is 6. The molecule has 1 aliphatic carbocycles. The zero-order valence-electron chi connectivity index (χ0n) is 18.1. The van der Waals surface area contributed by atoms with Crippen LogP contribution in [0.1, 0.15) is 58.7 Å². The fourth-order valence-electron chi connectivity index (χ4n) is 3.59. The Kier molecular flexibility index (Phi) is 6.34. The minimum absolute atomic E-state index is 0.219. The van der Waals surface area contributed by atoms with Crippen LogP contribution < -0.4 is 5.32 Å². The summed E-state index contributed by atoms with van der Waals surface area (Å²) in [6, 6.07) is 6.42. The molecule has 0 spiro atoms. The van der Waals surface area contributed by atoms with Crippen LogP contribution in [0.4, 0.5) is 22.0 Å². The van der Waals surface area contributed by atoms with Crippen LogP contribution in [0.2, 0.25) is 0 Å². The number of aromatic nitrogens is 4. The van der Waals surface area contributed by atoms with Crippen LogP contribution in [0.3, 0.4) is 0 Å². The van der Waals surface area contributed by atoms with Crippen molar-refractivity contribution in [1.29, 1.82) is 5.26 Å². The summed E-state index contributed by atoms with van der Waals surface area (Å²) in [6.45, 7) is 1.54. The molecule has 1 saturated carbocycles. The number of carbonyl (C=O) groups is 1. The van der Waals surface area contributed by atoms with Gasteiger partial charge in [-0.05, 0) is 61.6 Å². The van der Waals surface area contributed by atoms with Crippen molar-refractivity contribution in [1.82, 2.24) is 25.1 Å². The van der Waals surface area contributed by atoms with Crippen molar-refractivity contribution >= 4 is 11.5 Å². The fraction of sp³-hybridized carbons (Fsp3) is 0.261. The Bertz CT molecular complexity index is 1330. The van der Waals surface area contributed by atoms with Gasteiger partial charge in [0.05, 0.1) is 17.2 Å². The van der Waals surface area contributed by atoms with E-state index in [1.807, 2.05) is 6.07 Å². The molecule has 1 unspecified atom stereocenters. The first-order chi connectivity index (χ1) is 16.6. The first-order valence-electron chi connectivity index (χ1n) is 10.4. The summed E-state index contributed by atoms with van der Waals surface area (Å²) < 4.78 is 68.9. The number of hydrogen-bond donors (Lipinski definition) is 1. The van der Waals surface area contributed by atoms with Crippen molar-refractivity contribution in [2.45, 2.75) is 32.0 Å². The quantitative estimate of drug-likeness (QED) is 0.489. The Morgan fingerprint density at radius 3 is 2.46 bits per heavy atom. The lowest BCUT2D eigenvalue weighted by Gasteiger charge is -2.17. The van der Waals surface area contributed by atoms with E-state index >= 15 is 0 Å². The molecule has 0 radical (unpaired) electrons. The number of alkyl halides is 3. The summed E-state index contributed by atoms with van der Waals surface area (Å²) in [4.78, 5) is 21.1. The van der Waals surface area contributed by atoms with Crippen LogP contribution in [0.15, 0.2) is 48.9 Å². The molecule has 1 aliphatic rings. The van der Waals surface area contributed by atoms with Gasteiger partial charge in [-0.3, -0.25) is 4.79 Å². The lowest BCUT2D eigenvalue weighted by Crippen LogP contribution is -2.29. The number of amides is 1. The van der Waals surface area contributed by atoms with Crippen LogP contribution >= 0.6 is 0 Å². The number of allylic oxidation sites excluding steroid dienone is 1. The van der Waals surface area contributed by atoms with Crippen molar-refractivity contribution in [3.63, 3.8) is 0 Å². The molecule has 35 heavy (non-hydrogen) atoms. The van der Waals surface area contributed by atoms with Gasteiger partial charge >= 0.3 is 6.18 Å². The van der Waals surface area contributed by atoms with Crippen molar-refractivity contribution in [2.75, 3.05) is 0 Å². The lowest BCUT2D eigenvalue weighted by atomic mass is 9.96. The number of nitriles is 1. The molecule has 1 aromatic carbocycles. The molecule has 0 bridgehead atoms. The second-order valence-electron chi connectivity index (χ2n) is 7.99. The molecule has 1 atom stereocenters. The molecule has 0 saturated heterocycles. The zero-order valence-corrected chi connectivity index (χ0v) is 18.1. The summed E-state index contributed by atoms with van der Waals surface area (Å²) in [6.07, 6.45) is -3.48. The zero-order chi connectivity index (χ0) is 25.3. The van der Waals surface area contributed by atoms with Crippen LogP contribution in [0, 0.1) is 17.2 Å². The number of hydrogen-bond acceptors (Lipinski definition) is 5. The number of nitrogens with zero attached hydrogens (tertiary/aromatic N) is 5. The average molecular weight is 488 g/mol. The Hall–Kier alpha value is -4.14. The van der Waals surface area contributed by atoms with Crippen molar-refractivity contribution < 1.29 is 26.7 Å². The maximum atomic E-state index is 13.5. The molecule has 1 N–H and O–H groups in total. The van der Waals surface area contributed by atoms with Gasteiger partial charge in [-0.2, -0.15) is 37.0 Å². The van der Waals surface area contributed by atoms with E-state index in [0.29, 0.717) is 36.4 Å². The average Bonchev–Trinajstić information content (AvgIpc) is 3.51. The van der Waals surface area contributed by atoms with Crippen LogP contribution in [-0.4, -0.2) is 25.7 Å². The monoisotopic (exact) mass is 488 g/mol. The molecule has 2 heterocycles. The molecule has 1 fully saturated rings. The Morgan fingerprint density at radius 2 is 1.89 bits per heavy atom. The highest BCUT2D eigenvalue weighted by atomic mass is 19.4. The van der Waals surface area contributed by atoms with E-state index in [9.17, 15) is 26.7 Å². The number of halogens is 5. The van der Waals surface area contributed by atoms with Gasteiger partial charge in [0.2, 0.25) is 0 Å². The van der Waals surface area contributed by atoms with E-state index in [0.717, 1.165) is 6.07 Å². The minimum atomic E-state index is -4.83. The SMILES string of the molecule is CC(NC(=O)c1cc(C(=C(F)F)C2CC2)cc(C(F)(F)F)c1)c1ncnn1-c1ccc(C#N)cn1. The standard InChI is InChI=1S/C23H17F5N6O/c1-12(21-31-11-32-34(21)18-5-2-13(9-29)10-30-18)33-22(35)16-6-15(7-17(8-16)23(26,27)28)19(20(24)25)14-3-4-14/h2,5-8,10-12,14H,3-4H2,1H3,(H,33,35). The third kappa shape index (κ3) is 5.18. The third-order valence-corrected chi connectivity index (χ3v) is 5.43. The molecule has 7 nitrogen and oxygen atoms in total. The van der Waals surface area contributed by atoms with E-state index in [1.54, 1.807) is 0 Å². The third-order valence-electron chi connectivity index (χ3n) is 5.43. The number of carbonyl (C=O) groups excluding carboxylic acids is 1. The predicted octanol–water partition coefficient (Wildman–Crippen LogP) is 5.06. The highest BCUT2D eigenvalue weighted by Crippen LogP contribution is 2.45. The predicted molar refractivity (Wildman–Crippen MR) is 113 cm³/mol. The summed E-state index contributed by atoms with van der Waals surface area (Å²) in [5, 5.41) is 15.5. The summed E-state index contributed by atoms with van der Waals surface area (Å²) in [5.41, 5.74) is -2.09. The van der Waals surface area contributed by atoms with E-state index < -0.39 is 46.8 Å². The molecule has 1 amide bonds. The molecule has 0 aliphatic heterocycles. The summed E-state index contributed by atoms with van der Waals surface area (Å²) >= 11 is 0. The van der Waals surface area contributed by atoms with Crippen molar-refractivity contribution in [3.05, 3.63) is 77.0 Å². The number of pyridine rings is 1. The molecule has 3 aromatic rings. The van der Waals surface area contributed by atoms with E-state index in [-0.39, 0.29) is 11.4 Å². The highest BCUT2D eigenvalue weighted by molar-refractivity contribution is 5.95. The van der Waals surface area contributed by atoms with Crippen molar-refractivity contribution in [3.8, 4) is 11.9 Å². The molecule has 12 heteroatoms. The van der Waals surface area contributed by atoms with Crippen molar-refractivity contribution in [2.24, 2.45) is 5.92 Å². The second-order valence-corrected chi connectivity index (χ2v) is 7.99. The molecule has 180 valence electrons. The minimum Gasteiger partial charge on any atom is -0.342 e. The van der Waals surface area contributed by atoms with Gasteiger partial charge in [-0.15, -0.1) is 0 Å². The number of nitrogens with one attached hydrogen (secondary N) is 1. The van der Waals surface area contributed by atoms with Crippen LogP contribution in [0.25, 0.3) is 11.4 Å². The fourth-order valence-corrected chi connectivity index (χ4v) is 3.59. The van der Waals surface area contributed by atoms with E-state index in [1.165, 1.54) is 36.3 Å². The maximum absolute atomic E-state index is 13.5. The first kappa shape index (κ1) is 24.0. The normalized spacial score (nSPS) is 14.2. The topological polar surface area (TPSA) is 96.5 Å². The highest BCUT2D eigenvalue weighted by Gasteiger charge is 2.35. The largest absolute Gasteiger partial charge is 0.416 e. The van der Waals surface area contributed by atoms with Gasteiger partial charge < -0.3 is 5.32 Å². The van der Waals surface area contributed by atoms with Gasteiger partial charge in [-0.25, -0.2) is 9.97 Å². The molecular weight excluding hydrogens is 471 g/mol. The molecule has 2 aromatic heterocycles. The first-order valence-corrected chi connectivity index (χ1v) is 10.4. The lowest BCUT2D eigenvalue weighted by molar-refractivity contribution is -0.137. The van der Waals surface area contributed by atoms with Gasteiger partial charge in [0, 0.05) is 17.3 Å². The summed E-state index contributed by atoms with van der Waals surface area (Å²) in [7, 11) is 0. The van der Waals surface area contributed by atoms with Crippen LogP contribution in [-0.2, 0) is 6.18 Å². The molecule has 4 rings (SSSR count). The van der Waals surface area contributed by atoms with E-state index in [4.69, 9.17) is 5.26 Å². The number of benzene rings is 1. The van der Waals surface area contributed by atoms with Gasteiger partial charge in [0.15, 0.2) is 11.6 Å². The maximum Gasteiger partial charge on any atom is 0.416 e. The van der Waals surface area contributed by atoms with E-state index in [2.05, 4.69) is 20.4 Å². The van der Waals surface area contributed by atoms with Gasteiger partial charge in [0.1, 0.15) is 12.4 Å². The van der Waals surface area contributed by atoms with Gasteiger partial charge in [-0.1, -0.05) is 0 Å². The Balaban J connectivity index is 1.64. The van der Waals surface area contributed by atoms with Crippen LogP contribution in [0.5, 0.6) is 0 Å². The molecular formula is C23H17F5N6O. The Labute approximate surface area is 195 Å². The second kappa shape index (κ2) is 9.25.